The van der Waals surface area contributed by atoms with Gasteiger partial charge in [0, 0.05) is 12.8 Å². The van der Waals surface area contributed by atoms with E-state index in [1.54, 1.807) is 0 Å². The molecule has 1 N–H and O–H groups in total. The predicted octanol–water partition coefficient (Wildman–Crippen LogP) is 12.3. The second kappa shape index (κ2) is 31.0. The highest BCUT2D eigenvalue weighted by atomic mass is 31.2. The lowest BCUT2D eigenvalue weighted by Crippen LogP contribution is -2.37. The number of benzene rings is 2. The summed E-state index contributed by atoms with van der Waals surface area (Å²) in [5.74, 6) is -0.915. The first-order valence-corrected chi connectivity index (χ1v) is 23.8. The van der Waals surface area contributed by atoms with Crippen molar-refractivity contribution in [1.82, 2.24) is 0 Å². The van der Waals surface area contributed by atoms with Crippen molar-refractivity contribution in [3.05, 3.63) is 59.7 Å². The Balaban J connectivity index is 1.73. The number of esters is 2. The van der Waals surface area contributed by atoms with Gasteiger partial charge in [0.1, 0.15) is 19.8 Å². The van der Waals surface area contributed by atoms with Gasteiger partial charge in [0.25, 0.3) is 0 Å². The highest BCUT2D eigenvalue weighted by Crippen LogP contribution is 2.43. The topological polar surface area (TPSA) is 133 Å². The van der Waals surface area contributed by atoms with Gasteiger partial charge >= 0.3 is 19.8 Å². The molecule has 2 aromatic rings. The van der Waals surface area contributed by atoms with Crippen LogP contribution in [0.4, 0.5) is 11.4 Å². The summed E-state index contributed by atoms with van der Waals surface area (Å²) in [4.78, 5) is 35.7. The van der Waals surface area contributed by atoms with Gasteiger partial charge in [0.15, 0.2) is 6.10 Å². The summed E-state index contributed by atoms with van der Waals surface area (Å²) in [6.45, 7) is 4.21. The summed E-state index contributed by atoms with van der Waals surface area (Å²) in [6, 6.07) is 15.8. The summed E-state index contributed by atoms with van der Waals surface area (Å²) in [7, 11) is 1.39. The van der Waals surface area contributed by atoms with Crippen molar-refractivity contribution in [3.8, 4) is 0 Å². The molecule has 0 bridgehead atoms. The van der Waals surface area contributed by atoms with E-state index in [4.69, 9.17) is 18.5 Å². The molecule has 0 amide bonds. The molecule has 0 aliphatic carbocycles. The molecule has 0 aromatic heterocycles. The number of carbonyl (C=O) groups is 2. The van der Waals surface area contributed by atoms with Crippen LogP contribution in [0.5, 0.6) is 0 Å². The summed E-state index contributed by atoms with van der Waals surface area (Å²) in [5, 5.41) is 8.70. The Hall–Kier alpha value is -2.95. The third-order valence-corrected chi connectivity index (χ3v) is 11.0. The number of unbranched alkanes of at least 4 members (excludes halogenated alkanes) is 15. The number of nitrogens with zero attached hydrogens (tertiary/aromatic N) is 3. The summed E-state index contributed by atoms with van der Waals surface area (Å²) in [5.41, 5.74) is 3.87. The number of hydrogen-bond donors (Lipinski definition) is 1. The van der Waals surface area contributed by atoms with E-state index < -0.39 is 32.5 Å². The smallest absolute Gasteiger partial charge is 0.462 e. The van der Waals surface area contributed by atoms with Crippen molar-refractivity contribution in [2.75, 3.05) is 47.5 Å². The minimum atomic E-state index is -4.42. The van der Waals surface area contributed by atoms with E-state index in [1.807, 2.05) is 57.5 Å². The first kappa shape index (κ1) is 51.2. The molecule has 0 heterocycles. The van der Waals surface area contributed by atoms with E-state index in [9.17, 15) is 19.0 Å². The van der Waals surface area contributed by atoms with Crippen LogP contribution in [0.15, 0.2) is 58.8 Å². The third kappa shape index (κ3) is 27.7. The first-order valence-electron chi connectivity index (χ1n) is 22.3. The van der Waals surface area contributed by atoms with Crippen LogP contribution in [0.1, 0.15) is 153 Å². The number of carbonyl (C=O) groups excluding carboxylic acids is 2. The first-order chi connectivity index (χ1) is 27.9. The van der Waals surface area contributed by atoms with Crippen LogP contribution < -0.4 is 0 Å². The van der Waals surface area contributed by atoms with E-state index in [2.05, 4.69) is 36.2 Å². The van der Waals surface area contributed by atoms with Crippen LogP contribution in [0.3, 0.4) is 0 Å². The second-order valence-electron chi connectivity index (χ2n) is 16.6. The highest BCUT2D eigenvalue weighted by molar-refractivity contribution is 7.47. The van der Waals surface area contributed by atoms with E-state index in [0.29, 0.717) is 23.9 Å². The number of likely N-dealkylation sites (N-methyl/N-ethyl adjacent to an activating group) is 1. The number of hydrogen-bond acceptors (Lipinski definition) is 9. The predicted molar refractivity (Wildman–Crippen MR) is 234 cm³/mol. The fraction of sp³-hybridized carbons (Fsp3) is 0.696. The zero-order valence-corrected chi connectivity index (χ0v) is 37.6. The number of rotatable bonds is 35. The number of quaternary nitrogens is 1. The van der Waals surface area contributed by atoms with Gasteiger partial charge in [-0.15, -0.1) is 0 Å². The van der Waals surface area contributed by atoms with Gasteiger partial charge in [-0.25, -0.2) is 4.57 Å². The number of aryl methyl sites for hydroxylation is 2. The van der Waals surface area contributed by atoms with Crippen LogP contribution in [-0.2, 0) is 45.5 Å². The van der Waals surface area contributed by atoms with Crippen LogP contribution in [-0.4, -0.2) is 74.9 Å². The Bertz CT molecular complexity index is 1450. The SMILES string of the molecule is CCCCCCCCCCCCCCCCCC(=O)OC[C@H](COP(=O)(O)OCC[N+](C)(C)C)OC(=O)CCCc1ccc(/N=N/c2ccc(CCCC)cc2)cc1. The Kier molecular flexibility index (Phi) is 27.4. The van der Waals surface area contributed by atoms with Crippen LogP contribution in [0.25, 0.3) is 0 Å². The monoisotopic (exact) mass is 831 g/mol. The highest BCUT2D eigenvalue weighted by Gasteiger charge is 2.27. The van der Waals surface area contributed by atoms with Crippen molar-refractivity contribution in [1.29, 1.82) is 0 Å². The van der Waals surface area contributed by atoms with Crippen LogP contribution in [0.2, 0.25) is 0 Å². The van der Waals surface area contributed by atoms with Crippen molar-refractivity contribution in [2.24, 2.45) is 10.2 Å². The average molecular weight is 831 g/mol. The molecule has 11 nitrogen and oxygen atoms in total. The van der Waals surface area contributed by atoms with E-state index >= 15 is 0 Å². The fourth-order valence-corrected chi connectivity index (χ4v) is 7.04. The molecule has 58 heavy (non-hydrogen) atoms. The molecule has 1 unspecified atom stereocenters. The maximum Gasteiger partial charge on any atom is 0.472 e. The molecule has 0 saturated carbocycles. The molecular weight excluding hydrogens is 753 g/mol. The van der Waals surface area contributed by atoms with Gasteiger partial charge in [-0.3, -0.25) is 18.6 Å². The molecule has 2 atom stereocenters. The van der Waals surface area contributed by atoms with E-state index in [1.165, 1.54) is 95.5 Å². The Morgan fingerprint density at radius 2 is 1.05 bits per heavy atom. The zero-order valence-electron chi connectivity index (χ0n) is 36.7. The maximum atomic E-state index is 12.9. The molecular formula is C46H77N3O8P+. The van der Waals surface area contributed by atoms with Gasteiger partial charge in [-0.2, -0.15) is 10.2 Å². The molecule has 0 aliphatic rings. The summed E-state index contributed by atoms with van der Waals surface area (Å²) >= 11 is 0. The summed E-state index contributed by atoms with van der Waals surface area (Å²) in [6.07, 6.45) is 22.5. The number of ether oxygens (including phenoxy) is 2. The van der Waals surface area contributed by atoms with E-state index in [0.717, 1.165) is 42.6 Å². The van der Waals surface area contributed by atoms with Crippen molar-refractivity contribution < 1.29 is 42.1 Å². The quantitative estimate of drug-likeness (QED) is 0.0239. The molecule has 0 spiro atoms. The normalized spacial score (nSPS) is 13.4. The Morgan fingerprint density at radius 1 is 0.603 bits per heavy atom. The number of phosphoric ester groups is 1. The number of azo groups is 1. The molecule has 0 saturated heterocycles. The van der Waals surface area contributed by atoms with Gasteiger partial charge in [-0.05, 0) is 67.5 Å². The molecule has 328 valence electrons. The maximum absolute atomic E-state index is 12.9. The molecule has 2 rings (SSSR count). The number of phosphoric acid groups is 1. The Labute approximate surface area is 350 Å². The molecule has 0 radical (unpaired) electrons. The van der Waals surface area contributed by atoms with Gasteiger partial charge < -0.3 is 18.9 Å². The lowest BCUT2D eigenvalue weighted by atomic mass is 10.0. The van der Waals surface area contributed by atoms with Gasteiger partial charge in [0.05, 0.1) is 39.1 Å². The van der Waals surface area contributed by atoms with Crippen LogP contribution in [0, 0.1) is 0 Å². The largest absolute Gasteiger partial charge is 0.472 e. The van der Waals surface area contributed by atoms with E-state index in [-0.39, 0.29) is 26.1 Å². The Morgan fingerprint density at radius 3 is 1.53 bits per heavy atom. The molecule has 12 heteroatoms. The third-order valence-electron chi connectivity index (χ3n) is 9.97. The fourth-order valence-electron chi connectivity index (χ4n) is 6.30. The molecule has 0 aliphatic heterocycles. The lowest BCUT2D eigenvalue weighted by molar-refractivity contribution is -0.870. The summed E-state index contributed by atoms with van der Waals surface area (Å²) < 4.78 is 34.4. The van der Waals surface area contributed by atoms with Crippen molar-refractivity contribution >= 4 is 31.1 Å². The van der Waals surface area contributed by atoms with Gasteiger partial charge in [0.2, 0.25) is 0 Å². The lowest BCUT2D eigenvalue weighted by Gasteiger charge is -2.24. The second-order valence-corrected chi connectivity index (χ2v) is 18.0. The minimum absolute atomic E-state index is 0.00674. The van der Waals surface area contributed by atoms with Crippen molar-refractivity contribution in [2.45, 2.75) is 161 Å². The minimum Gasteiger partial charge on any atom is -0.462 e. The average Bonchev–Trinajstić information content (AvgIpc) is 3.19. The molecule has 0 fully saturated rings. The molecule has 2 aromatic carbocycles. The zero-order chi connectivity index (χ0) is 42.3. The van der Waals surface area contributed by atoms with Gasteiger partial charge in [-0.1, -0.05) is 134 Å². The van der Waals surface area contributed by atoms with Crippen molar-refractivity contribution in [3.63, 3.8) is 0 Å². The van der Waals surface area contributed by atoms with Crippen LogP contribution >= 0.6 is 7.82 Å². The standard InChI is InChI=1S/C46H76N3O8P/c1-6-8-10-11-12-13-14-15-16-17-18-19-20-21-22-26-45(50)54-38-44(39-56-58(52,53)55-37-36-49(3,4)5)57-46(51)27-23-25-41-30-34-43(35-31-41)48-47-42-32-28-40(29-33-42)24-9-7-2/h28-35,44H,6-27,36-39H2,1-5H3/p+1/b48-47+/t44-/m1/s1.